The van der Waals surface area contributed by atoms with Gasteiger partial charge in [0, 0.05) is 13.1 Å². The molecular formula is C23H32N6O3S. The Labute approximate surface area is 195 Å². The summed E-state index contributed by atoms with van der Waals surface area (Å²) in [5, 5.41) is 0. The van der Waals surface area contributed by atoms with Crippen molar-refractivity contribution in [2.45, 2.75) is 60.8 Å². The summed E-state index contributed by atoms with van der Waals surface area (Å²) in [6.07, 6.45) is 6.60. The third-order valence-corrected chi connectivity index (χ3v) is 8.78. The van der Waals surface area contributed by atoms with Crippen LogP contribution >= 0.6 is 0 Å². The molecule has 2 aliphatic heterocycles. The van der Waals surface area contributed by atoms with Crippen LogP contribution in [0.15, 0.2) is 40.3 Å². The number of carbonyl (C=O) groups excluding carboxylic acids is 1. The Hall–Kier alpha value is -2.72. The molecule has 178 valence electrons. The summed E-state index contributed by atoms with van der Waals surface area (Å²) in [5.41, 5.74) is 12.4. The third kappa shape index (κ3) is 4.41. The van der Waals surface area contributed by atoms with Crippen LogP contribution in [0.4, 0.5) is 11.8 Å². The first-order chi connectivity index (χ1) is 15.8. The van der Waals surface area contributed by atoms with Gasteiger partial charge in [-0.15, -0.1) is 0 Å². The molecule has 9 nitrogen and oxygen atoms in total. The van der Waals surface area contributed by atoms with E-state index in [0.29, 0.717) is 31.9 Å². The molecule has 1 aromatic heterocycles. The number of benzene rings is 1. The van der Waals surface area contributed by atoms with E-state index < -0.39 is 15.4 Å². The fourth-order valence-electron chi connectivity index (χ4n) is 4.88. The number of rotatable bonds is 6. The standard InChI is InChI=1S/C23H32N6O3S/c1-2-17-6-8-18(9-7-17)33(31,32)19-16-26-22(27-20(19)24)28-14-10-23(11-15-28,21(25)30)29-12-4-3-5-13-29/h6-9,16H,2-5,10-15H2,1H3,(H2,25,30)(H2,24,26,27). The van der Waals surface area contributed by atoms with Gasteiger partial charge < -0.3 is 16.4 Å². The fraction of sp³-hybridized carbons (Fsp3) is 0.522. The molecule has 3 heterocycles. The first-order valence-corrected chi connectivity index (χ1v) is 13.0. The predicted molar refractivity (Wildman–Crippen MR) is 127 cm³/mol. The van der Waals surface area contributed by atoms with Gasteiger partial charge in [0.05, 0.1) is 11.1 Å². The molecule has 0 bridgehead atoms. The van der Waals surface area contributed by atoms with Gasteiger partial charge in [-0.25, -0.2) is 13.4 Å². The summed E-state index contributed by atoms with van der Waals surface area (Å²) in [6.45, 7) is 4.87. The van der Waals surface area contributed by atoms with Crippen molar-refractivity contribution in [1.82, 2.24) is 14.9 Å². The second-order valence-corrected chi connectivity index (χ2v) is 10.8. The van der Waals surface area contributed by atoms with Crippen molar-refractivity contribution in [3.05, 3.63) is 36.0 Å². The number of hydrogen-bond donors (Lipinski definition) is 2. The Morgan fingerprint density at radius 1 is 1.06 bits per heavy atom. The molecule has 2 aliphatic rings. The van der Waals surface area contributed by atoms with Crippen LogP contribution in [0.5, 0.6) is 0 Å². The number of aryl methyl sites for hydroxylation is 1. The van der Waals surface area contributed by atoms with Gasteiger partial charge in [0.25, 0.3) is 0 Å². The molecule has 0 saturated carbocycles. The molecule has 4 rings (SSSR count). The van der Waals surface area contributed by atoms with E-state index in [4.69, 9.17) is 11.5 Å². The highest BCUT2D eigenvalue weighted by Gasteiger charge is 2.45. The van der Waals surface area contributed by atoms with E-state index in [2.05, 4.69) is 14.9 Å². The van der Waals surface area contributed by atoms with Crippen LogP contribution in [0.2, 0.25) is 0 Å². The number of nitrogens with two attached hydrogens (primary N) is 2. The summed E-state index contributed by atoms with van der Waals surface area (Å²) < 4.78 is 26.1. The molecule has 0 unspecified atom stereocenters. The van der Waals surface area contributed by atoms with E-state index >= 15 is 0 Å². The molecule has 0 spiro atoms. The minimum Gasteiger partial charge on any atom is -0.382 e. The normalized spacial score (nSPS) is 19.4. The maximum atomic E-state index is 13.0. The summed E-state index contributed by atoms with van der Waals surface area (Å²) in [5.74, 6) is 0.00634. The monoisotopic (exact) mass is 472 g/mol. The summed E-state index contributed by atoms with van der Waals surface area (Å²) in [6, 6.07) is 6.74. The van der Waals surface area contributed by atoms with Gasteiger partial charge in [0.15, 0.2) is 0 Å². The van der Waals surface area contributed by atoms with Gasteiger partial charge in [-0.1, -0.05) is 25.5 Å². The molecule has 10 heteroatoms. The molecule has 33 heavy (non-hydrogen) atoms. The summed E-state index contributed by atoms with van der Waals surface area (Å²) in [7, 11) is -3.82. The Morgan fingerprint density at radius 3 is 2.24 bits per heavy atom. The van der Waals surface area contributed by atoms with Gasteiger partial charge in [0.1, 0.15) is 16.3 Å². The lowest BCUT2D eigenvalue weighted by Crippen LogP contribution is -2.63. The fourth-order valence-corrected chi connectivity index (χ4v) is 6.14. The summed E-state index contributed by atoms with van der Waals surface area (Å²) >= 11 is 0. The number of piperidine rings is 2. The highest BCUT2D eigenvalue weighted by Crippen LogP contribution is 2.33. The van der Waals surface area contributed by atoms with Crippen molar-refractivity contribution in [2.75, 3.05) is 36.8 Å². The zero-order valence-corrected chi connectivity index (χ0v) is 19.9. The number of nitrogen functional groups attached to an aromatic ring is 1. The highest BCUT2D eigenvalue weighted by atomic mass is 32.2. The molecule has 4 N–H and O–H groups in total. The third-order valence-electron chi connectivity index (χ3n) is 7.00. The molecule has 2 fully saturated rings. The lowest BCUT2D eigenvalue weighted by Gasteiger charge is -2.48. The molecule has 2 saturated heterocycles. The number of nitrogens with zero attached hydrogens (tertiary/aromatic N) is 4. The maximum Gasteiger partial charge on any atom is 0.238 e. The van der Waals surface area contributed by atoms with Crippen molar-refractivity contribution in [1.29, 1.82) is 0 Å². The molecule has 1 amide bonds. The predicted octanol–water partition coefficient (Wildman–Crippen LogP) is 1.76. The van der Waals surface area contributed by atoms with E-state index in [1.54, 1.807) is 24.3 Å². The Kier molecular flexibility index (Phi) is 6.58. The molecular weight excluding hydrogens is 440 g/mol. The molecule has 2 aromatic rings. The Morgan fingerprint density at radius 2 is 1.70 bits per heavy atom. The van der Waals surface area contributed by atoms with Gasteiger partial charge in [-0.3, -0.25) is 9.69 Å². The van der Waals surface area contributed by atoms with Crippen molar-refractivity contribution in [2.24, 2.45) is 5.73 Å². The van der Waals surface area contributed by atoms with E-state index in [1.807, 2.05) is 11.8 Å². The van der Waals surface area contributed by atoms with Crippen LogP contribution in [0.1, 0.15) is 44.6 Å². The van der Waals surface area contributed by atoms with Gasteiger partial charge in [0.2, 0.25) is 21.7 Å². The average Bonchev–Trinajstić information content (AvgIpc) is 2.84. The average molecular weight is 473 g/mol. The molecule has 0 aliphatic carbocycles. The number of carbonyl (C=O) groups is 1. The Balaban J connectivity index is 1.52. The lowest BCUT2D eigenvalue weighted by molar-refractivity contribution is -0.132. The second kappa shape index (κ2) is 9.26. The van der Waals surface area contributed by atoms with E-state index in [-0.39, 0.29) is 21.5 Å². The number of likely N-dealkylation sites (tertiary alicyclic amines) is 1. The smallest absolute Gasteiger partial charge is 0.238 e. The summed E-state index contributed by atoms with van der Waals surface area (Å²) in [4.78, 5) is 25.3. The van der Waals surface area contributed by atoms with Crippen LogP contribution in [0, 0.1) is 0 Å². The number of amides is 1. The maximum absolute atomic E-state index is 13.0. The van der Waals surface area contributed by atoms with E-state index in [1.165, 1.54) is 12.6 Å². The largest absolute Gasteiger partial charge is 0.382 e. The molecule has 1 aromatic carbocycles. The van der Waals surface area contributed by atoms with Crippen molar-refractivity contribution >= 4 is 27.5 Å². The number of aromatic nitrogens is 2. The zero-order chi connectivity index (χ0) is 23.6. The van der Waals surface area contributed by atoms with Crippen molar-refractivity contribution in [3.8, 4) is 0 Å². The Bertz CT molecular complexity index is 1110. The highest BCUT2D eigenvalue weighted by molar-refractivity contribution is 7.91. The van der Waals surface area contributed by atoms with Crippen LogP contribution < -0.4 is 16.4 Å². The minimum absolute atomic E-state index is 0.0812. The van der Waals surface area contributed by atoms with Gasteiger partial charge in [-0.05, 0) is 62.9 Å². The van der Waals surface area contributed by atoms with Crippen LogP contribution in [-0.4, -0.2) is 60.9 Å². The van der Waals surface area contributed by atoms with Crippen molar-refractivity contribution < 1.29 is 13.2 Å². The van der Waals surface area contributed by atoms with Crippen LogP contribution in [0.25, 0.3) is 0 Å². The first kappa shape index (κ1) is 23.4. The zero-order valence-electron chi connectivity index (χ0n) is 19.0. The number of sulfone groups is 1. The second-order valence-electron chi connectivity index (χ2n) is 8.85. The molecule has 0 atom stereocenters. The SMILES string of the molecule is CCc1ccc(S(=O)(=O)c2cnc(N3CCC(C(N)=O)(N4CCCCC4)CC3)nc2N)cc1. The number of anilines is 2. The minimum atomic E-state index is -3.82. The first-order valence-electron chi connectivity index (χ1n) is 11.5. The quantitative estimate of drug-likeness (QED) is 0.649. The topological polar surface area (TPSA) is 136 Å². The van der Waals surface area contributed by atoms with Gasteiger partial charge >= 0.3 is 0 Å². The van der Waals surface area contributed by atoms with Crippen LogP contribution in [-0.2, 0) is 21.1 Å². The van der Waals surface area contributed by atoms with E-state index in [0.717, 1.165) is 37.9 Å². The van der Waals surface area contributed by atoms with E-state index in [9.17, 15) is 13.2 Å². The van der Waals surface area contributed by atoms with Gasteiger partial charge in [-0.2, -0.15) is 4.98 Å². The van der Waals surface area contributed by atoms with Crippen LogP contribution in [0.3, 0.4) is 0 Å². The van der Waals surface area contributed by atoms with Crippen molar-refractivity contribution in [3.63, 3.8) is 0 Å². The lowest BCUT2D eigenvalue weighted by atomic mass is 9.83. The number of primary amides is 1. The molecule has 0 radical (unpaired) electrons. The number of hydrogen-bond acceptors (Lipinski definition) is 8.